The second-order valence-corrected chi connectivity index (χ2v) is 6.27. The SMILES string of the molecule is O=C(CC1CCCO1)NCCc1c[nH]c2cccc(Br)c12. The Morgan fingerprint density at radius 1 is 1.48 bits per heavy atom. The number of H-pyrrole nitrogens is 1. The van der Waals surface area contributed by atoms with Gasteiger partial charge in [0.15, 0.2) is 0 Å². The van der Waals surface area contributed by atoms with Crippen LogP contribution in [0.25, 0.3) is 10.9 Å². The van der Waals surface area contributed by atoms with Crippen molar-refractivity contribution >= 4 is 32.7 Å². The second-order valence-electron chi connectivity index (χ2n) is 5.42. The Kier molecular flexibility index (Phi) is 4.60. The largest absolute Gasteiger partial charge is 0.378 e. The maximum absolute atomic E-state index is 11.8. The molecule has 1 aliphatic rings. The van der Waals surface area contributed by atoms with Gasteiger partial charge in [0.05, 0.1) is 12.5 Å². The molecule has 1 amide bonds. The van der Waals surface area contributed by atoms with Gasteiger partial charge in [-0.2, -0.15) is 0 Å². The van der Waals surface area contributed by atoms with Crippen molar-refractivity contribution in [2.45, 2.75) is 31.8 Å². The number of carbonyl (C=O) groups excluding carboxylic acids is 1. The quantitative estimate of drug-likeness (QED) is 0.870. The number of nitrogens with one attached hydrogen (secondary N) is 2. The first-order valence-electron chi connectivity index (χ1n) is 7.37. The summed E-state index contributed by atoms with van der Waals surface area (Å²) >= 11 is 3.58. The zero-order valence-corrected chi connectivity index (χ0v) is 13.4. The van der Waals surface area contributed by atoms with Gasteiger partial charge < -0.3 is 15.0 Å². The number of rotatable bonds is 5. The highest BCUT2D eigenvalue weighted by atomic mass is 79.9. The Balaban J connectivity index is 1.53. The topological polar surface area (TPSA) is 54.1 Å². The Labute approximate surface area is 132 Å². The van der Waals surface area contributed by atoms with Crippen LogP contribution in [0.5, 0.6) is 0 Å². The van der Waals surface area contributed by atoms with E-state index >= 15 is 0 Å². The molecule has 1 saturated heterocycles. The summed E-state index contributed by atoms with van der Waals surface area (Å²) in [6, 6.07) is 6.10. The molecular weight excluding hydrogens is 332 g/mol. The molecule has 0 bridgehead atoms. The van der Waals surface area contributed by atoms with Crippen LogP contribution in [0, 0.1) is 0 Å². The van der Waals surface area contributed by atoms with E-state index in [4.69, 9.17) is 4.74 Å². The minimum absolute atomic E-state index is 0.0841. The van der Waals surface area contributed by atoms with Crippen LogP contribution < -0.4 is 5.32 Å². The zero-order chi connectivity index (χ0) is 14.7. The lowest BCUT2D eigenvalue weighted by Gasteiger charge is -2.09. The third-order valence-electron chi connectivity index (χ3n) is 3.89. The average molecular weight is 351 g/mol. The molecule has 2 N–H and O–H groups in total. The van der Waals surface area contributed by atoms with Gasteiger partial charge in [-0.15, -0.1) is 0 Å². The molecule has 1 aromatic heterocycles. The highest BCUT2D eigenvalue weighted by Gasteiger charge is 2.18. The van der Waals surface area contributed by atoms with E-state index < -0.39 is 0 Å². The molecule has 0 radical (unpaired) electrons. The number of hydrogen-bond donors (Lipinski definition) is 2. The van der Waals surface area contributed by atoms with Gasteiger partial charge >= 0.3 is 0 Å². The summed E-state index contributed by atoms with van der Waals surface area (Å²) in [5.74, 6) is 0.0841. The summed E-state index contributed by atoms with van der Waals surface area (Å²) in [6.07, 6.45) is 5.51. The smallest absolute Gasteiger partial charge is 0.222 e. The molecule has 1 aliphatic heterocycles. The molecule has 4 nitrogen and oxygen atoms in total. The lowest BCUT2D eigenvalue weighted by atomic mass is 10.1. The average Bonchev–Trinajstić information content (AvgIpc) is 3.09. The van der Waals surface area contributed by atoms with E-state index in [1.807, 2.05) is 18.3 Å². The molecule has 1 aromatic carbocycles. The number of amides is 1. The number of halogens is 1. The molecular formula is C16H19BrN2O2. The second kappa shape index (κ2) is 6.62. The molecule has 3 rings (SSSR count). The van der Waals surface area contributed by atoms with Crippen LogP contribution in [0.1, 0.15) is 24.8 Å². The van der Waals surface area contributed by atoms with E-state index in [1.54, 1.807) is 0 Å². The number of benzene rings is 1. The highest BCUT2D eigenvalue weighted by molar-refractivity contribution is 9.10. The zero-order valence-electron chi connectivity index (χ0n) is 11.8. The van der Waals surface area contributed by atoms with Gasteiger partial charge in [0.1, 0.15) is 0 Å². The monoisotopic (exact) mass is 350 g/mol. The standard InChI is InChI=1S/C16H19BrN2O2/c17-13-4-1-5-14-16(13)11(10-19-14)6-7-18-15(20)9-12-3-2-8-21-12/h1,4-5,10,12,19H,2-3,6-9H2,(H,18,20). The Bertz CT molecular complexity index is 632. The number of ether oxygens (including phenoxy) is 1. The molecule has 21 heavy (non-hydrogen) atoms. The molecule has 0 saturated carbocycles. The van der Waals surface area contributed by atoms with Crippen LogP contribution in [-0.2, 0) is 16.0 Å². The molecule has 5 heteroatoms. The summed E-state index contributed by atoms with van der Waals surface area (Å²) in [4.78, 5) is 15.1. The van der Waals surface area contributed by atoms with Crippen molar-refractivity contribution in [3.05, 3.63) is 34.4 Å². The summed E-state index contributed by atoms with van der Waals surface area (Å²) in [6.45, 7) is 1.45. The first-order valence-corrected chi connectivity index (χ1v) is 8.16. The number of aromatic amines is 1. The van der Waals surface area contributed by atoms with Gasteiger partial charge in [0.25, 0.3) is 0 Å². The fraction of sp³-hybridized carbons (Fsp3) is 0.438. The van der Waals surface area contributed by atoms with E-state index in [2.05, 4.69) is 32.3 Å². The van der Waals surface area contributed by atoms with Gasteiger partial charge in [-0.05, 0) is 37.0 Å². The number of hydrogen-bond acceptors (Lipinski definition) is 2. The van der Waals surface area contributed by atoms with Crippen LogP contribution in [0.4, 0.5) is 0 Å². The fourth-order valence-corrected chi connectivity index (χ4v) is 3.45. The highest BCUT2D eigenvalue weighted by Crippen LogP contribution is 2.27. The third-order valence-corrected chi connectivity index (χ3v) is 4.55. The molecule has 2 aromatic rings. The Morgan fingerprint density at radius 2 is 2.38 bits per heavy atom. The van der Waals surface area contributed by atoms with Crippen LogP contribution >= 0.6 is 15.9 Å². The molecule has 1 unspecified atom stereocenters. The molecule has 0 spiro atoms. The van der Waals surface area contributed by atoms with Gasteiger partial charge in [0, 0.05) is 34.7 Å². The van der Waals surface area contributed by atoms with Crippen molar-refractivity contribution in [1.29, 1.82) is 0 Å². The molecule has 112 valence electrons. The Morgan fingerprint density at radius 3 is 3.19 bits per heavy atom. The fourth-order valence-electron chi connectivity index (χ4n) is 2.83. The number of aromatic nitrogens is 1. The summed E-state index contributed by atoms with van der Waals surface area (Å²) in [7, 11) is 0. The predicted molar refractivity (Wildman–Crippen MR) is 86.3 cm³/mol. The van der Waals surface area contributed by atoms with Crippen LogP contribution in [0.15, 0.2) is 28.9 Å². The molecule has 2 heterocycles. The van der Waals surface area contributed by atoms with Gasteiger partial charge in [0.2, 0.25) is 5.91 Å². The molecule has 1 fully saturated rings. The van der Waals surface area contributed by atoms with E-state index in [-0.39, 0.29) is 12.0 Å². The maximum atomic E-state index is 11.8. The number of fused-ring (bicyclic) bond motifs is 1. The summed E-state index contributed by atoms with van der Waals surface area (Å²) in [5.41, 5.74) is 2.33. The lowest BCUT2D eigenvalue weighted by Crippen LogP contribution is -2.28. The minimum atomic E-state index is 0.0841. The lowest BCUT2D eigenvalue weighted by molar-refractivity contribution is -0.123. The van der Waals surface area contributed by atoms with E-state index in [0.717, 1.165) is 35.9 Å². The van der Waals surface area contributed by atoms with E-state index in [9.17, 15) is 4.79 Å². The van der Waals surface area contributed by atoms with Crippen LogP contribution in [0.3, 0.4) is 0 Å². The first kappa shape index (κ1) is 14.6. The third kappa shape index (κ3) is 3.47. The van der Waals surface area contributed by atoms with E-state index in [1.165, 1.54) is 10.9 Å². The van der Waals surface area contributed by atoms with Crippen molar-refractivity contribution < 1.29 is 9.53 Å². The van der Waals surface area contributed by atoms with Gasteiger partial charge in [-0.25, -0.2) is 0 Å². The van der Waals surface area contributed by atoms with Crippen molar-refractivity contribution in [1.82, 2.24) is 10.3 Å². The molecule has 0 aliphatic carbocycles. The number of carbonyl (C=O) groups is 1. The minimum Gasteiger partial charge on any atom is -0.378 e. The van der Waals surface area contributed by atoms with Gasteiger partial charge in [-0.1, -0.05) is 22.0 Å². The van der Waals surface area contributed by atoms with Crippen LogP contribution in [0.2, 0.25) is 0 Å². The van der Waals surface area contributed by atoms with Crippen LogP contribution in [-0.4, -0.2) is 30.1 Å². The summed E-state index contributed by atoms with van der Waals surface area (Å²) < 4.78 is 6.56. The Hall–Kier alpha value is -1.33. The van der Waals surface area contributed by atoms with Crippen molar-refractivity contribution in [3.8, 4) is 0 Å². The van der Waals surface area contributed by atoms with Crippen molar-refractivity contribution in [2.75, 3.05) is 13.2 Å². The van der Waals surface area contributed by atoms with Crippen molar-refractivity contribution in [3.63, 3.8) is 0 Å². The summed E-state index contributed by atoms with van der Waals surface area (Å²) in [5, 5.41) is 4.18. The maximum Gasteiger partial charge on any atom is 0.222 e. The molecule has 1 atom stereocenters. The predicted octanol–water partition coefficient (Wildman–Crippen LogP) is 3.16. The normalized spacial score (nSPS) is 18.2. The van der Waals surface area contributed by atoms with Gasteiger partial charge in [-0.3, -0.25) is 4.79 Å². The first-order chi connectivity index (χ1) is 10.2. The van der Waals surface area contributed by atoms with E-state index in [0.29, 0.717) is 13.0 Å². The van der Waals surface area contributed by atoms with Crippen molar-refractivity contribution in [2.24, 2.45) is 0 Å².